The summed E-state index contributed by atoms with van der Waals surface area (Å²) in [5.41, 5.74) is 3.32. The standard InChI is InChI=1S/C24H27N2O4/c1-26(2,16-19-8-12-22(13-9-19)25(28)29)17-23(27)18-30-24-14-10-21(11-15-24)20-6-4-3-5-7-20/h3-15,23,27H,16-18H2,1-2H3/q+1/t23-/m1/s1. The van der Waals surface area contributed by atoms with Crippen molar-refractivity contribution in [1.29, 1.82) is 0 Å². The average molecular weight is 407 g/mol. The minimum absolute atomic E-state index is 0.0794. The van der Waals surface area contributed by atoms with E-state index in [1.165, 1.54) is 12.1 Å². The number of nitrogens with zero attached hydrogens (tertiary/aromatic N) is 2. The summed E-state index contributed by atoms with van der Waals surface area (Å²) >= 11 is 0. The topological polar surface area (TPSA) is 72.6 Å². The first kappa shape index (κ1) is 21.5. The molecule has 6 nitrogen and oxygen atoms in total. The van der Waals surface area contributed by atoms with Crippen molar-refractivity contribution in [3.63, 3.8) is 0 Å². The zero-order chi connectivity index (χ0) is 21.6. The Balaban J connectivity index is 1.50. The van der Waals surface area contributed by atoms with Crippen LogP contribution in [0.25, 0.3) is 11.1 Å². The van der Waals surface area contributed by atoms with Gasteiger partial charge in [0.25, 0.3) is 5.69 Å². The van der Waals surface area contributed by atoms with E-state index >= 15 is 0 Å². The highest BCUT2D eigenvalue weighted by molar-refractivity contribution is 5.63. The lowest BCUT2D eigenvalue weighted by molar-refractivity contribution is -0.906. The van der Waals surface area contributed by atoms with Crippen LogP contribution < -0.4 is 4.74 Å². The molecule has 0 aromatic heterocycles. The van der Waals surface area contributed by atoms with Gasteiger partial charge in [-0.2, -0.15) is 0 Å². The molecule has 156 valence electrons. The van der Waals surface area contributed by atoms with Gasteiger partial charge in [0.15, 0.2) is 0 Å². The maximum absolute atomic E-state index is 10.8. The van der Waals surface area contributed by atoms with Crippen LogP contribution >= 0.6 is 0 Å². The van der Waals surface area contributed by atoms with Crippen LogP contribution in [0.4, 0.5) is 5.69 Å². The Labute approximate surface area is 176 Å². The smallest absolute Gasteiger partial charge is 0.269 e. The van der Waals surface area contributed by atoms with Gasteiger partial charge in [-0.05, 0) is 35.4 Å². The van der Waals surface area contributed by atoms with E-state index in [2.05, 4.69) is 12.1 Å². The van der Waals surface area contributed by atoms with E-state index in [4.69, 9.17) is 4.74 Å². The summed E-state index contributed by atoms with van der Waals surface area (Å²) in [6.45, 7) is 1.35. The van der Waals surface area contributed by atoms with Gasteiger partial charge in [0, 0.05) is 17.7 Å². The first-order chi connectivity index (χ1) is 14.3. The quantitative estimate of drug-likeness (QED) is 0.326. The fourth-order valence-electron chi connectivity index (χ4n) is 3.47. The summed E-state index contributed by atoms with van der Waals surface area (Å²) in [5, 5.41) is 21.2. The van der Waals surface area contributed by atoms with Crippen LogP contribution in [0.1, 0.15) is 5.56 Å². The number of benzene rings is 3. The van der Waals surface area contributed by atoms with Gasteiger partial charge in [-0.3, -0.25) is 10.1 Å². The van der Waals surface area contributed by atoms with E-state index < -0.39 is 11.0 Å². The van der Waals surface area contributed by atoms with Crippen molar-refractivity contribution >= 4 is 5.69 Å². The third-order valence-corrected chi connectivity index (χ3v) is 4.87. The minimum Gasteiger partial charge on any atom is -0.491 e. The van der Waals surface area contributed by atoms with E-state index in [1.807, 2.05) is 56.6 Å². The predicted molar refractivity (Wildman–Crippen MR) is 117 cm³/mol. The van der Waals surface area contributed by atoms with Crippen LogP contribution in [0, 0.1) is 10.1 Å². The van der Waals surface area contributed by atoms with Crippen LogP contribution in [-0.4, -0.2) is 47.9 Å². The van der Waals surface area contributed by atoms with Crippen LogP contribution in [0.15, 0.2) is 78.9 Å². The molecule has 0 fully saturated rings. The minimum atomic E-state index is -0.633. The summed E-state index contributed by atoms with van der Waals surface area (Å²) in [6, 6.07) is 24.5. The van der Waals surface area contributed by atoms with Gasteiger partial charge in [-0.15, -0.1) is 0 Å². The van der Waals surface area contributed by atoms with Crippen LogP contribution in [-0.2, 0) is 6.54 Å². The van der Waals surface area contributed by atoms with E-state index in [0.717, 1.165) is 22.4 Å². The number of aliphatic hydroxyl groups excluding tert-OH is 1. The molecule has 1 atom stereocenters. The Morgan fingerprint density at radius 3 is 2.13 bits per heavy atom. The number of non-ortho nitro benzene ring substituents is 1. The Morgan fingerprint density at radius 2 is 1.53 bits per heavy atom. The highest BCUT2D eigenvalue weighted by Crippen LogP contribution is 2.22. The number of hydrogen-bond donors (Lipinski definition) is 1. The van der Waals surface area contributed by atoms with Crippen LogP contribution in [0.2, 0.25) is 0 Å². The highest BCUT2D eigenvalue weighted by Gasteiger charge is 2.22. The molecule has 0 spiro atoms. The van der Waals surface area contributed by atoms with E-state index in [1.54, 1.807) is 12.1 Å². The van der Waals surface area contributed by atoms with Crippen molar-refractivity contribution in [3.05, 3.63) is 94.5 Å². The number of nitro benzene ring substituents is 1. The Morgan fingerprint density at radius 1 is 0.933 bits per heavy atom. The highest BCUT2D eigenvalue weighted by atomic mass is 16.6. The normalized spacial score (nSPS) is 12.4. The molecule has 0 aliphatic heterocycles. The van der Waals surface area contributed by atoms with Gasteiger partial charge < -0.3 is 14.3 Å². The number of nitro groups is 1. The lowest BCUT2D eigenvalue weighted by Crippen LogP contribution is -2.46. The molecule has 0 radical (unpaired) electrons. The first-order valence-electron chi connectivity index (χ1n) is 9.84. The fourth-order valence-corrected chi connectivity index (χ4v) is 3.47. The maximum atomic E-state index is 10.8. The maximum Gasteiger partial charge on any atom is 0.269 e. The monoisotopic (exact) mass is 407 g/mol. The molecule has 0 unspecified atom stereocenters. The molecule has 0 heterocycles. The number of ether oxygens (including phenoxy) is 1. The number of rotatable bonds is 9. The first-order valence-corrected chi connectivity index (χ1v) is 9.84. The van der Waals surface area contributed by atoms with Crippen LogP contribution in [0.5, 0.6) is 5.75 Å². The molecule has 1 N–H and O–H groups in total. The average Bonchev–Trinajstić information content (AvgIpc) is 2.73. The summed E-state index contributed by atoms with van der Waals surface area (Å²) < 4.78 is 6.30. The molecule has 0 aliphatic carbocycles. The zero-order valence-corrected chi connectivity index (χ0v) is 17.3. The fraction of sp³-hybridized carbons (Fsp3) is 0.250. The molecule has 0 aliphatic rings. The molecule has 3 rings (SSSR count). The molecule has 6 heteroatoms. The van der Waals surface area contributed by atoms with Crippen molar-refractivity contribution in [3.8, 4) is 16.9 Å². The molecule has 0 amide bonds. The number of hydrogen-bond acceptors (Lipinski definition) is 4. The third-order valence-electron chi connectivity index (χ3n) is 4.87. The van der Waals surface area contributed by atoms with Crippen molar-refractivity contribution in [2.75, 3.05) is 27.2 Å². The van der Waals surface area contributed by atoms with Crippen LogP contribution in [0.3, 0.4) is 0 Å². The van der Waals surface area contributed by atoms with Gasteiger partial charge in [-0.25, -0.2) is 0 Å². The van der Waals surface area contributed by atoms with Crippen molar-refractivity contribution in [2.24, 2.45) is 0 Å². The van der Waals surface area contributed by atoms with Crippen molar-refractivity contribution in [1.82, 2.24) is 0 Å². The third kappa shape index (κ3) is 6.14. The molecule has 3 aromatic carbocycles. The largest absolute Gasteiger partial charge is 0.491 e. The summed E-state index contributed by atoms with van der Waals surface area (Å²) in [6.07, 6.45) is -0.633. The molecular weight excluding hydrogens is 380 g/mol. The molecule has 0 saturated heterocycles. The van der Waals surface area contributed by atoms with Gasteiger partial charge in [0.2, 0.25) is 0 Å². The second-order valence-corrected chi connectivity index (χ2v) is 8.06. The van der Waals surface area contributed by atoms with E-state index in [9.17, 15) is 15.2 Å². The summed E-state index contributed by atoms with van der Waals surface area (Å²) in [5.74, 6) is 0.717. The van der Waals surface area contributed by atoms with E-state index in [-0.39, 0.29) is 12.3 Å². The molecule has 0 bridgehead atoms. The molecule has 3 aromatic rings. The van der Waals surface area contributed by atoms with Gasteiger partial charge >= 0.3 is 0 Å². The molecule has 30 heavy (non-hydrogen) atoms. The summed E-state index contributed by atoms with van der Waals surface area (Å²) in [7, 11) is 4.03. The number of likely N-dealkylation sites (N-methyl/N-ethyl adjacent to an activating group) is 1. The predicted octanol–water partition coefficient (Wildman–Crippen LogP) is 4.28. The molecule has 0 saturated carbocycles. The SMILES string of the molecule is C[N+](C)(Cc1ccc([N+](=O)[O-])cc1)C[C@@H](O)COc1ccc(-c2ccccc2)cc1. The Bertz CT molecular complexity index is 955. The Kier molecular flexibility index (Phi) is 6.82. The van der Waals surface area contributed by atoms with Gasteiger partial charge in [0.1, 0.15) is 31.5 Å². The second kappa shape index (κ2) is 9.52. The lowest BCUT2D eigenvalue weighted by Gasteiger charge is -2.31. The summed E-state index contributed by atoms with van der Waals surface area (Å²) in [4.78, 5) is 10.4. The van der Waals surface area contributed by atoms with Gasteiger partial charge in [-0.1, -0.05) is 42.5 Å². The van der Waals surface area contributed by atoms with Crippen molar-refractivity contribution in [2.45, 2.75) is 12.6 Å². The number of quaternary nitrogens is 1. The van der Waals surface area contributed by atoms with Crippen molar-refractivity contribution < 1.29 is 19.2 Å². The number of aliphatic hydroxyl groups is 1. The zero-order valence-electron chi connectivity index (χ0n) is 17.3. The lowest BCUT2D eigenvalue weighted by atomic mass is 10.1. The van der Waals surface area contributed by atoms with E-state index in [0.29, 0.717) is 17.6 Å². The Hall–Kier alpha value is -3.22. The molecular formula is C24H27N2O4+. The van der Waals surface area contributed by atoms with Gasteiger partial charge in [0.05, 0.1) is 19.0 Å². The second-order valence-electron chi connectivity index (χ2n) is 8.06.